The molecule has 2 aromatic carbocycles. The van der Waals surface area contributed by atoms with Crippen LogP contribution in [0.25, 0.3) is 0 Å². The van der Waals surface area contributed by atoms with Crippen LogP contribution in [0, 0.1) is 5.82 Å². The van der Waals surface area contributed by atoms with Crippen LogP contribution in [0.2, 0.25) is 5.02 Å². The Labute approximate surface area is 128 Å². The molecule has 1 aliphatic carbocycles. The lowest BCUT2D eigenvalue weighted by molar-refractivity contribution is 0.156. The molecule has 2 aromatic rings. The second-order valence-electron chi connectivity index (χ2n) is 5.29. The number of fused-ring (bicyclic) bond motifs is 1. The summed E-state index contributed by atoms with van der Waals surface area (Å²) in [5, 5.41) is 10.4. The third-order valence-corrected chi connectivity index (χ3v) is 4.04. The summed E-state index contributed by atoms with van der Waals surface area (Å²) in [5.74, 6) is 0.268. The van der Waals surface area contributed by atoms with Gasteiger partial charge in [-0.1, -0.05) is 23.7 Å². The molecule has 0 saturated heterocycles. The summed E-state index contributed by atoms with van der Waals surface area (Å²) in [6, 6.07) is 10.2. The van der Waals surface area contributed by atoms with E-state index in [1.54, 1.807) is 12.1 Å². The molecule has 0 amide bonds. The van der Waals surface area contributed by atoms with Crippen molar-refractivity contribution in [2.24, 2.45) is 0 Å². The molecule has 0 aromatic heterocycles. The Hall–Kier alpha value is -1.58. The molecule has 0 bridgehead atoms. The molecule has 21 heavy (non-hydrogen) atoms. The van der Waals surface area contributed by atoms with Crippen LogP contribution >= 0.6 is 11.6 Å². The molecule has 110 valence electrons. The third kappa shape index (κ3) is 3.20. The number of aliphatic hydroxyl groups excluding tert-OH is 1. The van der Waals surface area contributed by atoms with Gasteiger partial charge in [0, 0.05) is 10.6 Å². The first-order valence-corrected chi connectivity index (χ1v) is 7.39. The van der Waals surface area contributed by atoms with Crippen LogP contribution in [0.3, 0.4) is 0 Å². The van der Waals surface area contributed by atoms with Crippen LogP contribution < -0.4 is 4.74 Å². The maximum Gasteiger partial charge on any atom is 0.131 e. The summed E-state index contributed by atoms with van der Waals surface area (Å²) < 4.78 is 19.3. The first-order chi connectivity index (χ1) is 10.1. The summed E-state index contributed by atoms with van der Waals surface area (Å²) in [4.78, 5) is 0. The maximum atomic E-state index is 13.7. The average Bonchev–Trinajstić information content (AvgIpc) is 2.47. The van der Waals surface area contributed by atoms with Gasteiger partial charge >= 0.3 is 0 Å². The topological polar surface area (TPSA) is 29.5 Å². The van der Waals surface area contributed by atoms with E-state index in [-0.39, 0.29) is 12.4 Å². The quantitative estimate of drug-likeness (QED) is 0.909. The molecule has 0 aliphatic heterocycles. The molecule has 1 aliphatic rings. The molecule has 0 heterocycles. The molecule has 0 saturated carbocycles. The fraction of sp³-hybridized carbons (Fsp3) is 0.294. The smallest absolute Gasteiger partial charge is 0.131 e. The van der Waals surface area contributed by atoms with Crippen molar-refractivity contribution < 1.29 is 14.2 Å². The van der Waals surface area contributed by atoms with E-state index in [0.717, 1.165) is 24.8 Å². The Balaban J connectivity index is 1.75. The molecule has 0 radical (unpaired) electrons. The first-order valence-electron chi connectivity index (χ1n) is 7.01. The minimum Gasteiger partial charge on any atom is -0.489 e. The summed E-state index contributed by atoms with van der Waals surface area (Å²) in [5.41, 5.74) is 2.55. The van der Waals surface area contributed by atoms with Crippen molar-refractivity contribution in [3.05, 3.63) is 63.9 Å². The minimum atomic E-state index is -0.426. The molecule has 2 nitrogen and oxygen atoms in total. The minimum absolute atomic E-state index is 0.137. The Kier molecular flexibility index (Phi) is 4.13. The predicted octanol–water partition coefficient (Wildman–Crippen LogP) is 4.43. The fourth-order valence-corrected chi connectivity index (χ4v) is 2.80. The van der Waals surface area contributed by atoms with E-state index in [0.29, 0.717) is 16.3 Å². The summed E-state index contributed by atoms with van der Waals surface area (Å²) in [6.45, 7) is 0.137. The monoisotopic (exact) mass is 306 g/mol. The zero-order chi connectivity index (χ0) is 14.8. The number of rotatable bonds is 3. The number of benzene rings is 2. The summed E-state index contributed by atoms with van der Waals surface area (Å²) in [6.07, 6.45) is 2.34. The highest BCUT2D eigenvalue weighted by molar-refractivity contribution is 6.30. The van der Waals surface area contributed by atoms with Crippen LogP contribution in [0.4, 0.5) is 4.39 Å². The van der Waals surface area contributed by atoms with E-state index in [1.165, 1.54) is 11.6 Å². The van der Waals surface area contributed by atoms with Crippen LogP contribution in [0.1, 0.15) is 35.6 Å². The molecular weight excluding hydrogens is 291 g/mol. The van der Waals surface area contributed by atoms with Crippen molar-refractivity contribution in [1.82, 2.24) is 0 Å². The van der Waals surface area contributed by atoms with Gasteiger partial charge in [0.1, 0.15) is 18.2 Å². The molecule has 0 fully saturated rings. The fourth-order valence-electron chi connectivity index (χ4n) is 2.64. The SMILES string of the molecule is O[C@@H]1CCCc2ccc(OCc3ccc(Cl)cc3F)cc21. The highest BCUT2D eigenvalue weighted by Crippen LogP contribution is 2.32. The summed E-state index contributed by atoms with van der Waals surface area (Å²) >= 11 is 5.72. The van der Waals surface area contributed by atoms with E-state index >= 15 is 0 Å². The van der Waals surface area contributed by atoms with Gasteiger partial charge in [0.05, 0.1) is 6.10 Å². The zero-order valence-electron chi connectivity index (χ0n) is 11.5. The van der Waals surface area contributed by atoms with Gasteiger partial charge in [0.15, 0.2) is 0 Å². The van der Waals surface area contributed by atoms with Gasteiger partial charge in [-0.2, -0.15) is 0 Å². The van der Waals surface area contributed by atoms with Gasteiger partial charge in [-0.25, -0.2) is 4.39 Å². The predicted molar refractivity (Wildman–Crippen MR) is 80.1 cm³/mol. The maximum absolute atomic E-state index is 13.7. The molecule has 0 unspecified atom stereocenters. The van der Waals surface area contributed by atoms with E-state index < -0.39 is 6.10 Å². The normalized spacial score (nSPS) is 17.4. The van der Waals surface area contributed by atoms with Crippen LogP contribution in [0.15, 0.2) is 36.4 Å². The van der Waals surface area contributed by atoms with E-state index in [9.17, 15) is 9.50 Å². The van der Waals surface area contributed by atoms with Gasteiger partial charge < -0.3 is 9.84 Å². The van der Waals surface area contributed by atoms with Crippen molar-refractivity contribution in [2.75, 3.05) is 0 Å². The second-order valence-corrected chi connectivity index (χ2v) is 5.73. The number of hydrogen-bond acceptors (Lipinski definition) is 2. The molecule has 0 spiro atoms. The highest BCUT2D eigenvalue weighted by atomic mass is 35.5. The van der Waals surface area contributed by atoms with Crippen molar-refractivity contribution in [1.29, 1.82) is 0 Å². The lowest BCUT2D eigenvalue weighted by Gasteiger charge is -2.22. The molecule has 1 atom stereocenters. The second kappa shape index (κ2) is 6.04. The van der Waals surface area contributed by atoms with Gasteiger partial charge in [-0.3, -0.25) is 0 Å². The van der Waals surface area contributed by atoms with Crippen LogP contribution in [-0.2, 0) is 13.0 Å². The Morgan fingerprint density at radius 2 is 2.10 bits per heavy atom. The van der Waals surface area contributed by atoms with Crippen LogP contribution in [0.5, 0.6) is 5.75 Å². The van der Waals surface area contributed by atoms with Gasteiger partial charge in [-0.15, -0.1) is 0 Å². The van der Waals surface area contributed by atoms with Crippen molar-refractivity contribution in [3.8, 4) is 5.75 Å². The lowest BCUT2D eigenvalue weighted by atomic mass is 9.89. The van der Waals surface area contributed by atoms with Crippen molar-refractivity contribution in [3.63, 3.8) is 0 Å². The van der Waals surface area contributed by atoms with Crippen molar-refractivity contribution in [2.45, 2.75) is 32.0 Å². The Morgan fingerprint density at radius 3 is 2.90 bits per heavy atom. The van der Waals surface area contributed by atoms with Gasteiger partial charge in [-0.05, 0) is 54.7 Å². The first kappa shape index (κ1) is 14.4. The van der Waals surface area contributed by atoms with Gasteiger partial charge in [0.2, 0.25) is 0 Å². The molecular formula is C17H16ClFO2. The van der Waals surface area contributed by atoms with E-state index in [4.69, 9.17) is 16.3 Å². The van der Waals surface area contributed by atoms with Crippen molar-refractivity contribution >= 4 is 11.6 Å². The highest BCUT2D eigenvalue weighted by Gasteiger charge is 2.18. The summed E-state index contributed by atoms with van der Waals surface area (Å²) in [7, 11) is 0. The van der Waals surface area contributed by atoms with Gasteiger partial charge in [0.25, 0.3) is 0 Å². The third-order valence-electron chi connectivity index (χ3n) is 3.81. The number of halogens is 2. The largest absolute Gasteiger partial charge is 0.489 e. The van der Waals surface area contributed by atoms with E-state index in [2.05, 4.69) is 0 Å². The zero-order valence-corrected chi connectivity index (χ0v) is 12.2. The molecule has 3 rings (SSSR count). The Bertz CT molecular complexity index is 657. The number of ether oxygens (including phenoxy) is 1. The average molecular weight is 307 g/mol. The molecule has 4 heteroatoms. The molecule has 1 N–H and O–H groups in total. The standard InChI is InChI=1S/C17H16ClFO2/c18-13-6-4-12(16(19)8-13)10-21-14-7-5-11-2-1-3-17(20)15(11)9-14/h4-9,17,20H,1-3,10H2/t17-/m1/s1. The van der Waals surface area contributed by atoms with E-state index in [1.807, 2.05) is 18.2 Å². The number of hydrogen-bond donors (Lipinski definition) is 1. The van der Waals surface area contributed by atoms with Crippen LogP contribution in [-0.4, -0.2) is 5.11 Å². The lowest BCUT2D eigenvalue weighted by Crippen LogP contribution is -2.09. The number of aryl methyl sites for hydroxylation is 1. The number of aliphatic hydroxyl groups is 1. The Morgan fingerprint density at radius 1 is 1.24 bits per heavy atom.